The predicted molar refractivity (Wildman–Crippen MR) is 73.8 cm³/mol. The number of aliphatic hydroxyl groups is 1. The number of hydrogen-bond donors (Lipinski definition) is 3. The van der Waals surface area contributed by atoms with Crippen molar-refractivity contribution in [2.75, 3.05) is 25.1 Å². The molecule has 7 heteroatoms. The smallest absolute Gasteiger partial charge is 0.140 e. The minimum Gasteiger partial charge on any atom is -0.394 e. The van der Waals surface area contributed by atoms with Crippen LogP contribution in [0.2, 0.25) is 5.02 Å². The Kier molecular flexibility index (Phi) is 4.95. The van der Waals surface area contributed by atoms with Crippen LogP contribution in [-0.4, -0.2) is 46.9 Å². The highest BCUT2D eigenvalue weighted by Crippen LogP contribution is 2.20. The van der Waals surface area contributed by atoms with Crippen LogP contribution in [0.15, 0.2) is 12.1 Å². The molecular weight excluding hydrogens is 268 g/mol. The summed E-state index contributed by atoms with van der Waals surface area (Å²) < 4.78 is 5.60. The van der Waals surface area contributed by atoms with Gasteiger partial charge in [-0.05, 0) is 19.1 Å². The van der Waals surface area contributed by atoms with E-state index >= 15 is 0 Å². The fourth-order valence-corrected chi connectivity index (χ4v) is 2.42. The number of hydrazine groups is 1. The highest BCUT2D eigenvalue weighted by atomic mass is 35.5. The molecule has 0 radical (unpaired) electrons. The van der Waals surface area contributed by atoms with Gasteiger partial charge in [0, 0.05) is 19.6 Å². The molecule has 0 saturated carbocycles. The highest BCUT2D eigenvalue weighted by molar-refractivity contribution is 6.31. The number of nitrogens with zero attached hydrogens (tertiary/aromatic N) is 2. The number of halogens is 1. The van der Waals surface area contributed by atoms with Crippen LogP contribution >= 0.6 is 11.6 Å². The first-order chi connectivity index (χ1) is 9.12. The molecule has 0 amide bonds. The number of nitrogens with one attached hydrogen (secondary N) is 1. The first-order valence-corrected chi connectivity index (χ1v) is 6.61. The minimum absolute atomic E-state index is 0.0202. The van der Waals surface area contributed by atoms with Crippen LogP contribution in [0.1, 0.15) is 12.6 Å². The van der Waals surface area contributed by atoms with Crippen molar-refractivity contribution in [2.24, 2.45) is 5.84 Å². The largest absolute Gasteiger partial charge is 0.394 e. The van der Waals surface area contributed by atoms with Gasteiger partial charge in [0.2, 0.25) is 0 Å². The van der Waals surface area contributed by atoms with Crippen LogP contribution in [0.25, 0.3) is 0 Å². The Morgan fingerprint density at radius 2 is 2.37 bits per heavy atom. The van der Waals surface area contributed by atoms with Crippen molar-refractivity contribution in [3.05, 3.63) is 22.8 Å². The molecule has 4 N–H and O–H groups in total. The Morgan fingerprint density at radius 1 is 1.58 bits per heavy atom. The Balaban J connectivity index is 2.07. The number of morpholine rings is 1. The third kappa shape index (κ3) is 3.77. The van der Waals surface area contributed by atoms with Crippen molar-refractivity contribution in [1.29, 1.82) is 0 Å². The van der Waals surface area contributed by atoms with Gasteiger partial charge < -0.3 is 15.3 Å². The highest BCUT2D eigenvalue weighted by Gasteiger charge is 2.25. The number of nitrogen functional groups attached to an aromatic ring is 1. The van der Waals surface area contributed by atoms with E-state index in [2.05, 4.69) is 15.3 Å². The third-order valence-electron chi connectivity index (χ3n) is 3.05. The summed E-state index contributed by atoms with van der Waals surface area (Å²) in [5.74, 6) is 5.93. The minimum atomic E-state index is -0.154. The fourth-order valence-electron chi connectivity index (χ4n) is 2.26. The summed E-state index contributed by atoms with van der Waals surface area (Å²) in [5.41, 5.74) is 3.27. The molecule has 1 aromatic heterocycles. The molecule has 2 unspecified atom stereocenters. The van der Waals surface area contributed by atoms with Gasteiger partial charge in [-0.1, -0.05) is 11.6 Å². The lowest BCUT2D eigenvalue weighted by molar-refractivity contribution is -0.0974. The van der Waals surface area contributed by atoms with E-state index in [-0.39, 0.29) is 18.8 Å². The molecular formula is C12H19ClN4O2. The lowest BCUT2D eigenvalue weighted by Crippen LogP contribution is -2.47. The molecule has 1 aromatic rings. The van der Waals surface area contributed by atoms with Gasteiger partial charge in [-0.25, -0.2) is 10.8 Å². The van der Waals surface area contributed by atoms with Gasteiger partial charge in [0.05, 0.1) is 29.5 Å². The van der Waals surface area contributed by atoms with E-state index in [1.807, 2.05) is 6.92 Å². The van der Waals surface area contributed by atoms with E-state index in [0.29, 0.717) is 23.9 Å². The maximum atomic E-state index is 9.21. The molecule has 6 nitrogen and oxygen atoms in total. The van der Waals surface area contributed by atoms with Gasteiger partial charge in [-0.2, -0.15) is 0 Å². The van der Waals surface area contributed by atoms with Crippen molar-refractivity contribution in [2.45, 2.75) is 25.7 Å². The molecule has 0 aliphatic carbocycles. The van der Waals surface area contributed by atoms with Gasteiger partial charge in [0.15, 0.2) is 0 Å². The SMILES string of the molecule is CC1CN(Cc2nc(NN)ccc2Cl)CC(CO)O1. The maximum absolute atomic E-state index is 9.21. The van der Waals surface area contributed by atoms with Gasteiger partial charge in [-0.15, -0.1) is 0 Å². The van der Waals surface area contributed by atoms with E-state index < -0.39 is 0 Å². The fraction of sp³-hybridized carbons (Fsp3) is 0.583. The first-order valence-electron chi connectivity index (χ1n) is 6.23. The van der Waals surface area contributed by atoms with Crippen LogP contribution in [0.5, 0.6) is 0 Å². The monoisotopic (exact) mass is 286 g/mol. The summed E-state index contributed by atoms with van der Waals surface area (Å²) in [5, 5.41) is 9.82. The molecule has 1 aliphatic rings. The van der Waals surface area contributed by atoms with E-state index in [0.717, 1.165) is 12.2 Å². The Morgan fingerprint density at radius 3 is 3.05 bits per heavy atom. The third-order valence-corrected chi connectivity index (χ3v) is 3.39. The molecule has 2 heterocycles. The zero-order valence-corrected chi connectivity index (χ0v) is 11.6. The maximum Gasteiger partial charge on any atom is 0.140 e. The number of ether oxygens (including phenoxy) is 1. The molecule has 1 fully saturated rings. The van der Waals surface area contributed by atoms with E-state index in [1.165, 1.54) is 0 Å². The van der Waals surface area contributed by atoms with Crippen molar-refractivity contribution >= 4 is 17.4 Å². The zero-order valence-electron chi connectivity index (χ0n) is 10.8. The molecule has 2 rings (SSSR count). The summed E-state index contributed by atoms with van der Waals surface area (Å²) in [6.45, 7) is 4.07. The topological polar surface area (TPSA) is 83.6 Å². The number of hydrogen-bond acceptors (Lipinski definition) is 6. The quantitative estimate of drug-likeness (QED) is 0.555. The average molecular weight is 287 g/mol. The second-order valence-corrected chi connectivity index (χ2v) is 5.12. The molecule has 1 saturated heterocycles. The number of pyridine rings is 1. The average Bonchev–Trinajstić information content (AvgIpc) is 2.40. The number of aliphatic hydroxyl groups excluding tert-OH is 1. The number of aromatic nitrogens is 1. The second-order valence-electron chi connectivity index (χ2n) is 4.71. The molecule has 0 bridgehead atoms. The van der Waals surface area contributed by atoms with Crippen molar-refractivity contribution < 1.29 is 9.84 Å². The van der Waals surface area contributed by atoms with Gasteiger partial charge in [0.1, 0.15) is 5.82 Å². The summed E-state index contributed by atoms with van der Waals surface area (Å²) >= 11 is 6.14. The summed E-state index contributed by atoms with van der Waals surface area (Å²) in [6.07, 6.45) is -0.0705. The molecule has 106 valence electrons. The summed E-state index contributed by atoms with van der Waals surface area (Å²) in [4.78, 5) is 6.52. The standard InChI is InChI=1S/C12H19ClN4O2/c1-8-4-17(5-9(7-18)19-8)6-11-10(13)2-3-12(15-11)16-14/h2-3,8-9,18H,4-7,14H2,1H3,(H,15,16). The molecule has 0 aromatic carbocycles. The Hall–Kier alpha value is -0.920. The van der Waals surface area contributed by atoms with Gasteiger partial charge >= 0.3 is 0 Å². The Labute approximate surface area is 117 Å². The lowest BCUT2D eigenvalue weighted by Gasteiger charge is -2.35. The zero-order chi connectivity index (χ0) is 13.8. The second kappa shape index (κ2) is 6.49. The van der Waals surface area contributed by atoms with Crippen molar-refractivity contribution in [1.82, 2.24) is 9.88 Å². The molecule has 2 atom stereocenters. The van der Waals surface area contributed by atoms with Crippen LogP contribution in [0, 0.1) is 0 Å². The normalized spacial score (nSPS) is 24.4. The number of nitrogens with two attached hydrogens (primary N) is 1. The molecule has 1 aliphatic heterocycles. The Bertz CT molecular complexity index is 432. The van der Waals surface area contributed by atoms with Crippen molar-refractivity contribution in [3.63, 3.8) is 0 Å². The first kappa shape index (κ1) is 14.5. The number of rotatable bonds is 4. The van der Waals surface area contributed by atoms with E-state index in [4.69, 9.17) is 22.2 Å². The van der Waals surface area contributed by atoms with E-state index in [9.17, 15) is 5.11 Å². The van der Waals surface area contributed by atoms with Gasteiger partial charge in [0.25, 0.3) is 0 Å². The predicted octanol–water partition coefficient (Wildman–Crippen LogP) is 0.602. The van der Waals surface area contributed by atoms with Crippen LogP contribution in [0.4, 0.5) is 5.82 Å². The molecule has 19 heavy (non-hydrogen) atoms. The number of anilines is 1. The summed E-state index contributed by atoms with van der Waals surface area (Å²) in [6, 6.07) is 3.50. The van der Waals surface area contributed by atoms with Crippen LogP contribution < -0.4 is 11.3 Å². The molecule has 0 spiro atoms. The lowest BCUT2D eigenvalue weighted by atomic mass is 10.2. The van der Waals surface area contributed by atoms with E-state index in [1.54, 1.807) is 12.1 Å². The summed E-state index contributed by atoms with van der Waals surface area (Å²) in [7, 11) is 0. The van der Waals surface area contributed by atoms with Crippen molar-refractivity contribution in [3.8, 4) is 0 Å². The van der Waals surface area contributed by atoms with Crippen LogP contribution in [0.3, 0.4) is 0 Å². The van der Waals surface area contributed by atoms with Crippen LogP contribution in [-0.2, 0) is 11.3 Å². The van der Waals surface area contributed by atoms with Gasteiger partial charge in [-0.3, -0.25) is 4.90 Å².